The van der Waals surface area contributed by atoms with Crippen LogP contribution in [0.2, 0.25) is 0 Å². The van der Waals surface area contributed by atoms with Crippen molar-refractivity contribution < 1.29 is 0 Å². The maximum absolute atomic E-state index is 5.23. The number of rotatable bonds is 2. The fourth-order valence-corrected chi connectivity index (χ4v) is 3.24. The summed E-state index contributed by atoms with van der Waals surface area (Å²) in [6, 6.07) is 4.67. The van der Waals surface area contributed by atoms with E-state index in [1.165, 1.54) is 12.8 Å². The number of halogens is 1. The van der Waals surface area contributed by atoms with Crippen LogP contribution in [-0.4, -0.2) is 14.8 Å². The Labute approximate surface area is 104 Å². The van der Waals surface area contributed by atoms with E-state index >= 15 is 0 Å². The maximum atomic E-state index is 5.23. The zero-order valence-corrected chi connectivity index (χ0v) is 11.0. The van der Waals surface area contributed by atoms with Crippen molar-refractivity contribution in [2.45, 2.75) is 18.9 Å². The Bertz CT molecular complexity index is 550. The minimum Gasteiger partial charge on any atom is -0.296 e. The van der Waals surface area contributed by atoms with Crippen LogP contribution >= 0.6 is 39.5 Å². The summed E-state index contributed by atoms with van der Waals surface area (Å²) in [7, 11) is 0. The average molecular weight is 302 g/mol. The van der Waals surface area contributed by atoms with Crippen molar-refractivity contribution in [2.75, 3.05) is 0 Å². The largest absolute Gasteiger partial charge is 0.296 e. The van der Waals surface area contributed by atoms with E-state index < -0.39 is 0 Å². The molecule has 0 spiro atoms. The van der Waals surface area contributed by atoms with Crippen LogP contribution in [0.25, 0.3) is 10.7 Å². The number of thiophene rings is 1. The number of nitrogens with one attached hydrogen (secondary N) is 1. The number of H-pyrrole nitrogens is 1. The lowest BCUT2D eigenvalue weighted by molar-refractivity contribution is 0.736. The summed E-state index contributed by atoms with van der Waals surface area (Å²) in [4.78, 5) is 1.15. The van der Waals surface area contributed by atoms with E-state index in [0.29, 0.717) is 6.04 Å². The van der Waals surface area contributed by atoms with Gasteiger partial charge in [0.05, 0.1) is 8.66 Å². The number of hydrogen-bond donors (Lipinski definition) is 1. The van der Waals surface area contributed by atoms with Gasteiger partial charge in [0.1, 0.15) is 0 Å². The second kappa shape index (κ2) is 3.54. The predicted molar refractivity (Wildman–Crippen MR) is 66.7 cm³/mol. The Kier molecular flexibility index (Phi) is 2.30. The van der Waals surface area contributed by atoms with Gasteiger partial charge in [-0.1, -0.05) is 0 Å². The molecule has 2 aromatic rings. The first-order valence-electron chi connectivity index (χ1n) is 4.68. The fraction of sp³-hybridized carbons (Fsp3) is 0.333. The summed E-state index contributed by atoms with van der Waals surface area (Å²) < 4.78 is 3.99. The Morgan fingerprint density at radius 2 is 2.33 bits per heavy atom. The summed E-state index contributed by atoms with van der Waals surface area (Å²) in [6.45, 7) is 0. The molecule has 1 saturated carbocycles. The number of nitrogens with zero attached hydrogens (tertiary/aromatic N) is 2. The van der Waals surface area contributed by atoms with Crippen molar-refractivity contribution >= 4 is 39.5 Å². The molecular weight excluding hydrogens is 294 g/mol. The summed E-state index contributed by atoms with van der Waals surface area (Å²) >= 11 is 10.4. The van der Waals surface area contributed by atoms with Crippen LogP contribution in [0.4, 0.5) is 0 Å². The van der Waals surface area contributed by atoms with Gasteiger partial charge in [-0.15, -0.1) is 11.3 Å². The van der Waals surface area contributed by atoms with E-state index in [9.17, 15) is 0 Å². The monoisotopic (exact) mass is 301 g/mol. The molecule has 6 heteroatoms. The molecule has 0 atom stereocenters. The molecule has 2 heterocycles. The predicted octanol–water partition coefficient (Wildman–Crippen LogP) is 3.77. The van der Waals surface area contributed by atoms with Gasteiger partial charge in [0.2, 0.25) is 0 Å². The molecule has 1 aliphatic rings. The van der Waals surface area contributed by atoms with Crippen LogP contribution in [0.15, 0.2) is 15.9 Å². The summed E-state index contributed by atoms with van der Waals surface area (Å²) in [5.41, 5.74) is 0. The molecule has 0 saturated heterocycles. The minimum atomic E-state index is 0.562. The first-order valence-corrected chi connectivity index (χ1v) is 6.70. The zero-order valence-electron chi connectivity index (χ0n) is 7.74. The van der Waals surface area contributed by atoms with Crippen LogP contribution in [0.5, 0.6) is 0 Å². The van der Waals surface area contributed by atoms with Crippen molar-refractivity contribution in [3.63, 3.8) is 0 Å². The van der Waals surface area contributed by atoms with Gasteiger partial charge in [-0.2, -0.15) is 5.10 Å². The fourth-order valence-electron chi connectivity index (χ4n) is 1.58. The number of aromatic nitrogens is 3. The quantitative estimate of drug-likeness (QED) is 0.857. The number of aromatic amines is 1. The van der Waals surface area contributed by atoms with E-state index in [1.54, 1.807) is 11.3 Å². The van der Waals surface area contributed by atoms with Gasteiger partial charge in [0.25, 0.3) is 0 Å². The Balaban J connectivity index is 2.15. The first-order chi connectivity index (χ1) is 7.25. The Morgan fingerprint density at radius 3 is 2.93 bits per heavy atom. The third-order valence-electron chi connectivity index (χ3n) is 2.41. The summed E-state index contributed by atoms with van der Waals surface area (Å²) in [5, 5.41) is 7.17. The molecule has 78 valence electrons. The van der Waals surface area contributed by atoms with Gasteiger partial charge in [-0.3, -0.25) is 9.67 Å². The van der Waals surface area contributed by atoms with Gasteiger partial charge in [-0.05, 0) is 53.1 Å². The van der Waals surface area contributed by atoms with Crippen LogP contribution in [0.3, 0.4) is 0 Å². The highest BCUT2D eigenvalue weighted by molar-refractivity contribution is 9.11. The molecular formula is C9H8BrN3S2. The lowest BCUT2D eigenvalue weighted by Gasteiger charge is -2.01. The molecule has 0 amide bonds. The van der Waals surface area contributed by atoms with Crippen molar-refractivity contribution in [1.82, 2.24) is 14.8 Å². The average Bonchev–Trinajstić information content (AvgIpc) is 2.84. The molecule has 0 unspecified atom stereocenters. The van der Waals surface area contributed by atoms with Crippen LogP contribution in [0.1, 0.15) is 18.9 Å². The van der Waals surface area contributed by atoms with Crippen molar-refractivity contribution in [1.29, 1.82) is 0 Å². The van der Waals surface area contributed by atoms with Crippen molar-refractivity contribution in [2.24, 2.45) is 0 Å². The van der Waals surface area contributed by atoms with Gasteiger partial charge >= 0.3 is 0 Å². The first kappa shape index (κ1) is 9.74. The lowest BCUT2D eigenvalue weighted by Crippen LogP contribution is -1.95. The SMILES string of the molecule is S=c1[nH]nc(-c2ccc(Br)s2)n1C1CC1. The Hall–Kier alpha value is -0.460. The normalized spacial score (nSPS) is 15.8. The van der Waals surface area contributed by atoms with Gasteiger partial charge in [0, 0.05) is 6.04 Å². The number of hydrogen-bond acceptors (Lipinski definition) is 3. The van der Waals surface area contributed by atoms with Crippen LogP contribution in [-0.2, 0) is 0 Å². The van der Waals surface area contributed by atoms with E-state index in [-0.39, 0.29) is 0 Å². The molecule has 15 heavy (non-hydrogen) atoms. The highest BCUT2D eigenvalue weighted by Gasteiger charge is 2.28. The maximum Gasteiger partial charge on any atom is 0.195 e. The van der Waals surface area contributed by atoms with Gasteiger partial charge < -0.3 is 0 Å². The molecule has 0 bridgehead atoms. The summed E-state index contributed by atoms with van der Waals surface area (Å²) in [5.74, 6) is 0.971. The molecule has 0 radical (unpaired) electrons. The minimum absolute atomic E-state index is 0.562. The van der Waals surface area contributed by atoms with E-state index in [1.807, 2.05) is 6.07 Å². The van der Waals surface area contributed by atoms with Crippen LogP contribution < -0.4 is 0 Å². The van der Waals surface area contributed by atoms with E-state index in [4.69, 9.17) is 12.2 Å². The molecule has 3 rings (SSSR count). The molecule has 2 aromatic heterocycles. The second-order valence-corrected chi connectivity index (χ2v) is 6.41. The molecule has 1 N–H and O–H groups in total. The summed E-state index contributed by atoms with van der Waals surface area (Å²) in [6.07, 6.45) is 2.43. The highest BCUT2D eigenvalue weighted by atomic mass is 79.9. The highest BCUT2D eigenvalue weighted by Crippen LogP contribution is 2.39. The van der Waals surface area contributed by atoms with E-state index in [2.05, 4.69) is 36.8 Å². The molecule has 1 aliphatic carbocycles. The van der Waals surface area contributed by atoms with Gasteiger partial charge in [0.15, 0.2) is 10.6 Å². The molecule has 1 fully saturated rings. The molecule has 0 aromatic carbocycles. The van der Waals surface area contributed by atoms with Gasteiger partial charge in [-0.25, -0.2) is 0 Å². The van der Waals surface area contributed by atoms with Crippen LogP contribution in [0, 0.1) is 4.77 Å². The third kappa shape index (κ3) is 1.70. The zero-order chi connectivity index (χ0) is 10.4. The van der Waals surface area contributed by atoms with Crippen molar-refractivity contribution in [3.8, 4) is 10.7 Å². The topological polar surface area (TPSA) is 33.6 Å². The molecule has 0 aliphatic heterocycles. The Morgan fingerprint density at radius 1 is 1.53 bits per heavy atom. The second-order valence-electron chi connectivity index (χ2n) is 3.56. The van der Waals surface area contributed by atoms with E-state index in [0.717, 1.165) is 19.3 Å². The smallest absolute Gasteiger partial charge is 0.195 e. The standard InChI is InChI=1S/C9H8BrN3S2/c10-7-4-3-6(15-7)8-11-12-9(14)13(8)5-1-2-5/h3-5H,1-2H2,(H,12,14). The third-order valence-corrected chi connectivity index (χ3v) is 4.32. The lowest BCUT2D eigenvalue weighted by atomic mass is 10.4. The van der Waals surface area contributed by atoms with Crippen molar-refractivity contribution in [3.05, 3.63) is 20.7 Å². The molecule has 3 nitrogen and oxygen atoms in total.